The van der Waals surface area contributed by atoms with E-state index in [0.717, 1.165) is 24.0 Å². The molecule has 0 aliphatic rings. The Morgan fingerprint density at radius 1 is 0.375 bits per heavy atom. The van der Waals surface area contributed by atoms with Crippen LogP contribution >= 0.6 is 0 Å². The van der Waals surface area contributed by atoms with Crippen LogP contribution in [0.4, 0.5) is 0 Å². The SMILES string of the molecule is C=CCc1ccccc1OC(=O)c1cccc(C(=O)OC)c1.C=CCc1ccccc1OC(=O)c1cccc(C(=O)OC)c1.CCc1ccc(-c2ccc(CC)cc2)cc1.c1ccccc1.c1ccccc1. The molecule has 0 unspecified atom stereocenters. The summed E-state index contributed by atoms with van der Waals surface area (Å²) in [5.74, 6) is -1.08. The Balaban J connectivity index is 0.000000211. The van der Waals surface area contributed by atoms with Crippen LogP contribution in [-0.4, -0.2) is 38.1 Å². The number of para-hydroxylation sites is 2. The first-order valence-corrected chi connectivity index (χ1v) is 23.5. The summed E-state index contributed by atoms with van der Waals surface area (Å²) in [6.07, 6.45) is 6.90. The lowest BCUT2D eigenvalue weighted by molar-refractivity contribution is 0.0591. The van der Waals surface area contributed by atoms with E-state index < -0.39 is 23.9 Å². The Kier molecular flexibility index (Phi) is 24.8. The van der Waals surface area contributed by atoms with E-state index in [9.17, 15) is 19.2 Å². The molecule has 0 bridgehead atoms. The first-order chi connectivity index (χ1) is 35.1. The summed E-state index contributed by atoms with van der Waals surface area (Å²) in [5.41, 5.74) is 8.33. The molecule has 8 heteroatoms. The zero-order chi connectivity index (χ0) is 51.8. The molecule has 0 radical (unpaired) electrons. The minimum absolute atomic E-state index is 0.288. The van der Waals surface area contributed by atoms with Gasteiger partial charge in [-0.3, -0.25) is 0 Å². The summed E-state index contributed by atoms with van der Waals surface area (Å²) in [6.45, 7) is 11.7. The van der Waals surface area contributed by atoms with Gasteiger partial charge in [-0.15, -0.1) is 13.2 Å². The average molecular weight is 959 g/mol. The molecule has 8 rings (SSSR count). The van der Waals surface area contributed by atoms with Crippen LogP contribution in [0, 0.1) is 0 Å². The van der Waals surface area contributed by atoms with E-state index in [1.54, 1.807) is 72.8 Å². The number of hydrogen-bond donors (Lipinski definition) is 0. The van der Waals surface area contributed by atoms with Crippen LogP contribution < -0.4 is 9.47 Å². The quantitative estimate of drug-likeness (QED) is 0.0639. The fraction of sp³-hybridized carbons (Fsp3) is 0.125. The van der Waals surface area contributed by atoms with Crippen molar-refractivity contribution in [1.82, 2.24) is 0 Å². The van der Waals surface area contributed by atoms with Crippen LogP contribution in [0.25, 0.3) is 11.1 Å². The van der Waals surface area contributed by atoms with Crippen LogP contribution in [0.5, 0.6) is 11.5 Å². The zero-order valence-corrected chi connectivity index (χ0v) is 41.4. The standard InChI is InChI=1S/2C18H16O4.C16H18.2C6H6/c2*1-3-7-13-8-4-5-11-16(13)22-18(20)15-10-6-9-14(12-15)17(19)21-2;1-3-13-5-9-15(10-6-13)16-11-7-14(4-2)8-12-16;2*1-2-4-6-5-3-1/h2*3-6,8-12H,1,7H2,2H3;5-12H,3-4H2,1-2H3;2*1-6H. The lowest BCUT2D eigenvalue weighted by atomic mass is 10.0. The topological polar surface area (TPSA) is 105 Å². The number of allylic oxidation sites excluding steroid dienone is 2. The van der Waals surface area contributed by atoms with Crippen molar-refractivity contribution in [1.29, 1.82) is 0 Å². The van der Waals surface area contributed by atoms with Gasteiger partial charge in [0.25, 0.3) is 0 Å². The first kappa shape index (κ1) is 55.7. The molecule has 0 aliphatic heterocycles. The summed E-state index contributed by atoms with van der Waals surface area (Å²) in [4.78, 5) is 47.5. The number of benzene rings is 8. The molecule has 0 saturated carbocycles. The van der Waals surface area contributed by atoms with Gasteiger partial charge in [-0.25, -0.2) is 19.2 Å². The van der Waals surface area contributed by atoms with Crippen molar-refractivity contribution >= 4 is 23.9 Å². The average Bonchev–Trinajstić information content (AvgIpc) is 3.45. The highest BCUT2D eigenvalue weighted by Crippen LogP contribution is 2.23. The number of esters is 4. The highest BCUT2D eigenvalue weighted by atomic mass is 16.5. The van der Waals surface area contributed by atoms with Crippen LogP contribution in [0.3, 0.4) is 0 Å². The number of rotatable bonds is 13. The molecule has 0 saturated heterocycles. The number of carbonyl (C=O) groups is 4. The van der Waals surface area contributed by atoms with Crippen molar-refractivity contribution in [2.75, 3.05) is 14.2 Å². The number of hydrogen-bond acceptors (Lipinski definition) is 8. The van der Waals surface area contributed by atoms with Crippen LogP contribution in [0.2, 0.25) is 0 Å². The van der Waals surface area contributed by atoms with Gasteiger partial charge in [-0.2, -0.15) is 0 Å². The molecular weight excluding hydrogens is 897 g/mol. The third-order valence-electron chi connectivity index (χ3n) is 10.5. The van der Waals surface area contributed by atoms with Gasteiger partial charge in [-0.05, 0) is 108 Å². The second-order valence-electron chi connectivity index (χ2n) is 15.5. The molecule has 0 atom stereocenters. The van der Waals surface area contributed by atoms with Gasteiger partial charge < -0.3 is 18.9 Å². The normalized spacial score (nSPS) is 9.67. The van der Waals surface area contributed by atoms with Crippen molar-refractivity contribution in [2.24, 2.45) is 0 Å². The van der Waals surface area contributed by atoms with Crippen molar-refractivity contribution in [3.63, 3.8) is 0 Å². The van der Waals surface area contributed by atoms with E-state index in [4.69, 9.17) is 9.47 Å². The van der Waals surface area contributed by atoms with Crippen LogP contribution in [0.1, 0.15) is 77.5 Å². The Morgan fingerprint density at radius 2 is 0.667 bits per heavy atom. The Morgan fingerprint density at radius 3 is 0.944 bits per heavy atom. The second-order valence-corrected chi connectivity index (χ2v) is 15.5. The van der Waals surface area contributed by atoms with E-state index in [-0.39, 0.29) is 11.1 Å². The van der Waals surface area contributed by atoms with Gasteiger partial charge in [-0.1, -0.05) is 196 Å². The first-order valence-electron chi connectivity index (χ1n) is 23.5. The Hall–Kier alpha value is -8.88. The van der Waals surface area contributed by atoms with Crippen molar-refractivity contribution in [3.05, 3.63) is 288 Å². The van der Waals surface area contributed by atoms with Gasteiger partial charge >= 0.3 is 23.9 Å². The van der Waals surface area contributed by atoms with Crippen molar-refractivity contribution in [3.8, 4) is 22.6 Å². The number of aryl methyl sites for hydroxylation is 2. The number of methoxy groups -OCH3 is 2. The van der Waals surface area contributed by atoms with E-state index in [0.29, 0.717) is 35.5 Å². The molecule has 0 N–H and O–H groups in total. The van der Waals surface area contributed by atoms with Gasteiger partial charge in [0, 0.05) is 0 Å². The van der Waals surface area contributed by atoms with E-state index in [2.05, 4.69) is 85.0 Å². The summed E-state index contributed by atoms with van der Waals surface area (Å²) in [6, 6.07) is 68.6. The van der Waals surface area contributed by atoms with E-state index in [1.807, 2.05) is 97.1 Å². The minimum Gasteiger partial charge on any atom is -0.465 e. The summed E-state index contributed by atoms with van der Waals surface area (Å²) in [7, 11) is 2.58. The lowest BCUT2D eigenvalue weighted by Crippen LogP contribution is -2.11. The maximum atomic E-state index is 12.2. The van der Waals surface area contributed by atoms with E-state index in [1.165, 1.54) is 48.6 Å². The van der Waals surface area contributed by atoms with Crippen LogP contribution in [0.15, 0.2) is 244 Å². The second kappa shape index (κ2) is 32.0. The largest absolute Gasteiger partial charge is 0.465 e. The maximum Gasteiger partial charge on any atom is 0.343 e. The van der Waals surface area contributed by atoms with Gasteiger partial charge in [0.05, 0.1) is 36.5 Å². The highest BCUT2D eigenvalue weighted by Gasteiger charge is 2.15. The van der Waals surface area contributed by atoms with Gasteiger partial charge in [0.2, 0.25) is 0 Å². The fourth-order valence-corrected chi connectivity index (χ4v) is 6.59. The molecule has 0 amide bonds. The number of ether oxygens (including phenoxy) is 4. The molecule has 8 aromatic carbocycles. The van der Waals surface area contributed by atoms with Crippen molar-refractivity contribution in [2.45, 2.75) is 39.5 Å². The molecule has 8 nitrogen and oxygen atoms in total. The zero-order valence-electron chi connectivity index (χ0n) is 41.4. The third-order valence-corrected chi connectivity index (χ3v) is 10.5. The molecular formula is C64H62O8. The fourth-order valence-electron chi connectivity index (χ4n) is 6.59. The molecule has 0 heterocycles. The van der Waals surface area contributed by atoms with Crippen LogP contribution in [-0.2, 0) is 35.2 Å². The monoisotopic (exact) mass is 958 g/mol. The smallest absolute Gasteiger partial charge is 0.343 e. The summed E-state index contributed by atoms with van der Waals surface area (Å²) < 4.78 is 20.1. The predicted molar refractivity (Wildman–Crippen MR) is 290 cm³/mol. The third kappa shape index (κ3) is 19.3. The number of carbonyl (C=O) groups excluding carboxylic acids is 4. The van der Waals surface area contributed by atoms with Crippen molar-refractivity contribution < 1.29 is 38.1 Å². The van der Waals surface area contributed by atoms with Gasteiger partial charge in [0.1, 0.15) is 11.5 Å². The predicted octanol–water partition coefficient (Wildman–Crippen LogP) is 14.7. The molecule has 8 aromatic rings. The Labute approximate surface area is 424 Å². The highest BCUT2D eigenvalue weighted by molar-refractivity contribution is 5.97. The molecule has 366 valence electrons. The molecule has 0 fully saturated rings. The van der Waals surface area contributed by atoms with E-state index >= 15 is 0 Å². The maximum absolute atomic E-state index is 12.2. The lowest BCUT2D eigenvalue weighted by Gasteiger charge is -2.09. The molecule has 0 spiro atoms. The molecule has 72 heavy (non-hydrogen) atoms. The summed E-state index contributed by atoms with van der Waals surface area (Å²) in [5, 5.41) is 0. The molecule has 0 aliphatic carbocycles. The Bertz CT molecular complexity index is 2640. The summed E-state index contributed by atoms with van der Waals surface area (Å²) >= 11 is 0. The molecule has 0 aromatic heterocycles. The minimum atomic E-state index is -0.526. The van der Waals surface area contributed by atoms with Gasteiger partial charge in [0.15, 0.2) is 0 Å².